The minimum atomic E-state index is -4.51. The van der Waals surface area contributed by atoms with Crippen molar-refractivity contribution in [2.24, 2.45) is 0 Å². The summed E-state index contributed by atoms with van der Waals surface area (Å²) in [6.07, 6.45) is -2.22. The lowest BCUT2D eigenvalue weighted by molar-refractivity contribution is -0.137. The summed E-state index contributed by atoms with van der Waals surface area (Å²) in [4.78, 5) is 30.7. The molecule has 30 heavy (non-hydrogen) atoms. The monoisotopic (exact) mass is 433 g/mol. The molecule has 0 spiro atoms. The van der Waals surface area contributed by atoms with E-state index in [0.717, 1.165) is 24.3 Å². The average molecular weight is 434 g/mol. The standard InChI is InChI=1S/C21H15ClF3N3O2/c1-12-9-19(30)28-20(26-12)14-3-2-4-16(11-14)27-18(29)8-5-13-10-15(21(23,24)25)6-7-17(13)22/h2-11H,1H3,(H,27,29)(H,26,28,30)/b8-5+. The van der Waals surface area contributed by atoms with Gasteiger partial charge in [-0.15, -0.1) is 0 Å². The first-order valence-electron chi connectivity index (χ1n) is 8.66. The van der Waals surface area contributed by atoms with Crippen LogP contribution < -0.4 is 10.9 Å². The molecule has 0 saturated carbocycles. The Labute approximate surface area is 174 Å². The number of aryl methyl sites for hydroxylation is 1. The summed E-state index contributed by atoms with van der Waals surface area (Å²) >= 11 is 5.92. The molecule has 0 aliphatic heterocycles. The molecule has 3 aromatic rings. The summed E-state index contributed by atoms with van der Waals surface area (Å²) < 4.78 is 38.5. The molecule has 0 fully saturated rings. The number of halogens is 4. The van der Waals surface area contributed by atoms with E-state index in [9.17, 15) is 22.8 Å². The highest BCUT2D eigenvalue weighted by Gasteiger charge is 2.30. The van der Waals surface area contributed by atoms with Gasteiger partial charge in [0, 0.05) is 34.1 Å². The van der Waals surface area contributed by atoms with Gasteiger partial charge in [0.05, 0.1) is 5.56 Å². The van der Waals surface area contributed by atoms with E-state index in [2.05, 4.69) is 15.3 Å². The fourth-order valence-electron chi connectivity index (χ4n) is 2.66. The molecule has 1 aromatic heterocycles. The summed E-state index contributed by atoms with van der Waals surface area (Å²) in [6, 6.07) is 10.8. The minimum absolute atomic E-state index is 0.0666. The average Bonchev–Trinajstić information content (AvgIpc) is 2.66. The van der Waals surface area contributed by atoms with E-state index in [1.807, 2.05) is 0 Å². The normalized spacial score (nSPS) is 11.6. The van der Waals surface area contributed by atoms with Gasteiger partial charge < -0.3 is 10.3 Å². The molecule has 0 aliphatic carbocycles. The van der Waals surface area contributed by atoms with Crippen molar-refractivity contribution in [1.29, 1.82) is 0 Å². The van der Waals surface area contributed by atoms with Crippen molar-refractivity contribution in [2.45, 2.75) is 13.1 Å². The number of rotatable bonds is 4. The number of alkyl halides is 3. The van der Waals surface area contributed by atoms with E-state index in [1.165, 1.54) is 12.1 Å². The number of H-pyrrole nitrogens is 1. The fourth-order valence-corrected chi connectivity index (χ4v) is 2.84. The van der Waals surface area contributed by atoms with Gasteiger partial charge in [0.1, 0.15) is 5.82 Å². The number of aromatic nitrogens is 2. The zero-order valence-corrected chi connectivity index (χ0v) is 16.3. The Balaban J connectivity index is 1.78. The maximum absolute atomic E-state index is 12.8. The summed E-state index contributed by atoms with van der Waals surface area (Å²) in [5.41, 5.74) is 0.452. The number of carbonyl (C=O) groups is 1. The van der Waals surface area contributed by atoms with Gasteiger partial charge in [0.15, 0.2) is 0 Å². The van der Waals surface area contributed by atoms with Crippen LogP contribution in [0.15, 0.2) is 59.4 Å². The number of amides is 1. The zero-order chi connectivity index (χ0) is 21.9. The first-order valence-corrected chi connectivity index (χ1v) is 9.04. The van der Waals surface area contributed by atoms with Gasteiger partial charge in [-0.25, -0.2) is 4.98 Å². The predicted molar refractivity (Wildman–Crippen MR) is 109 cm³/mol. The Morgan fingerprint density at radius 1 is 1.17 bits per heavy atom. The van der Waals surface area contributed by atoms with Crippen molar-refractivity contribution in [3.05, 3.63) is 86.8 Å². The van der Waals surface area contributed by atoms with Gasteiger partial charge in [-0.1, -0.05) is 23.7 Å². The number of nitrogens with one attached hydrogen (secondary N) is 2. The van der Waals surface area contributed by atoms with E-state index in [1.54, 1.807) is 31.2 Å². The Hall–Kier alpha value is -3.39. The SMILES string of the molecule is Cc1cc(=O)[nH]c(-c2cccc(NC(=O)/C=C/c3cc(C(F)(F)F)ccc3Cl)c2)n1. The maximum atomic E-state index is 12.8. The molecule has 5 nitrogen and oxygen atoms in total. The van der Waals surface area contributed by atoms with E-state index >= 15 is 0 Å². The van der Waals surface area contributed by atoms with Crippen molar-refractivity contribution in [1.82, 2.24) is 9.97 Å². The molecule has 1 heterocycles. The number of hydrogen-bond donors (Lipinski definition) is 2. The van der Waals surface area contributed by atoms with Gasteiger partial charge >= 0.3 is 6.18 Å². The highest BCUT2D eigenvalue weighted by molar-refractivity contribution is 6.32. The highest BCUT2D eigenvalue weighted by Crippen LogP contribution is 2.32. The third kappa shape index (κ3) is 5.36. The number of anilines is 1. The summed E-state index contributed by atoms with van der Waals surface area (Å²) in [6.45, 7) is 1.69. The van der Waals surface area contributed by atoms with Crippen molar-refractivity contribution in [3.8, 4) is 11.4 Å². The van der Waals surface area contributed by atoms with Crippen LogP contribution in [0.4, 0.5) is 18.9 Å². The number of benzene rings is 2. The van der Waals surface area contributed by atoms with Crippen LogP contribution in [0.3, 0.4) is 0 Å². The number of aromatic amines is 1. The van der Waals surface area contributed by atoms with E-state index in [0.29, 0.717) is 22.8 Å². The third-order valence-corrected chi connectivity index (χ3v) is 4.36. The molecule has 0 unspecified atom stereocenters. The Morgan fingerprint density at radius 3 is 2.63 bits per heavy atom. The topological polar surface area (TPSA) is 74.8 Å². The molecule has 2 aromatic carbocycles. The van der Waals surface area contributed by atoms with E-state index < -0.39 is 17.6 Å². The molecule has 0 bridgehead atoms. The van der Waals surface area contributed by atoms with Crippen molar-refractivity contribution in [3.63, 3.8) is 0 Å². The molecule has 0 aliphatic rings. The fraction of sp³-hybridized carbons (Fsp3) is 0.0952. The Kier molecular flexibility index (Phi) is 6.07. The largest absolute Gasteiger partial charge is 0.416 e. The van der Waals surface area contributed by atoms with Gasteiger partial charge in [-0.2, -0.15) is 13.2 Å². The summed E-state index contributed by atoms with van der Waals surface area (Å²) in [5, 5.41) is 2.69. The lowest BCUT2D eigenvalue weighted by atomic mass is 10.1. The second-order valence-corrected chi connectivity index (χ2v) is 6.78. The molecule has 0 saturated heterocycles. The molecular formula is C21H15ClF3N3O2. The first-order chi connectivity index (χ1) is 14.1. The molecule has 9 heteroatoms. The summed E-state index contributed by atoms with van der Waals surface area (Å²) in [5.74, 6) is -0.214. The van der Waals surface area contributed by atoms with Crippen LogP contribution in [0.5, 0.6) is 0 Å². The van der Waals surface area contributed by atoms with Crippen molar-refractivity contribution in [2.75, 3.05) is 5.32 Å². The first kappa shape index (κ1) is 21.3. The minimum Gasteiger partial charge on any atom is -0.322 e. The third-order valence-electron chi connectivity index (χ3n) is 4.01. The second kappa shape index (κ2) is 8.54. The van der Waals surface area contributed by atoms with Gasteiger partial charge in [0.25, 0.3) is 5.56 Å². The number of hydrogen-bond acceptors (Lipinski definition) is 3. The van der Waals surface area contributed by atoms with Crippen LogP contribution in [0, 0.1) is 6.92 Å². The van der Waals surface area contributed by atoms with Gasteiger partial charge in [0.2, 0.25) is 5.91 Å². The Bertz CT molecular complexity index is 1190. The number of carbonyl (C=O) groups excluding carboxylic acids is 1. The smallest absolute Gasteiger partial charge is 0.322 e. The van der Waals surface area contributed by atoms with Crippen molar-refractivity contribution < 1.29 is 18.0 Å². The highest BCUT2D eigenvalue weighted by atomic mass is 35.5. The lowest BCUT2D eigenvalue weighted by Gasteiger charge is -2.08. The molecule has 2 N–H and O–H groups in total. The van der Waals surface area contributed by atoms with Crippen LogP contribution in [0.2, 0.25) is 5.02 Å². The van der Waals surface area contributed by atoms with E-state index in [4.69, 9.17) is 11.6 Å². The number of nitrogens with zero attached hydrogens (tertiary/aromatic N) is 1. The molecular weight excluding hydrogens is 419 g/mol. The van der Waals surface area contributed by atoms with Crippen LogP contribution in [-0.4, -0.2) is 15.9 Å². The quantitative estimate of drug-likeness (QED) is 0.564. The van der Waals surface area contributed by atoms with Crippen LogP contribution in [-0.2, 0) is 11.0 Å². The Morgan fingerprint density at radius 2 is 1.93 bits per heavy atom. The van der Waals surface area contributed by atoms with Gasteiger partial charge in [-0.3, -0.25) is 9.59 Å². The van der Waals surface area contributed by atoms with Crippen molar-refractivity contribution >= 4 is 29.3 Å². The van der Waals surface area contributed by atoms with E-state index in [-0.39, 0.29) is 16.1 Å². The predicted octanol–water partition coefficient (Wildman–Crippen LogP) is 5.07. The molecule has 154 valence electrons. The molecule has 1 amide bonds. The lowest BCUT2D eigenvalue weighted by Crippen LogP contribution is -2.10. The second-order valence-electron chi connectivity index (χ2n) is 6.37. The van der Waals surface area contributed by atoms with Crippen LogP contribution in [0.1, 0.15) is 16.8 Å². The summed E-state index contributed by atoms with van der Waals surface area (Å²) in [7, 11) is 0. The molecule has 3 rings (SSSR count). The molecule has 0 radical (unpaired) electrons. The zero-order valence-electron chi connectivity index (χ0n) is 15.5. The van der Waals surface area contributed by atoms with Crippen LogP contribution >= 0.6 is 11.6 Å². The van der Waals surface area contributed by atoms with Crippen LogP contribution in [0.25, 0.3) is 17.5 Å². The van der Waals surface area contributed by atoms with Gasteiger partial charge in [-0.05, 0) is 48.9 Å². The maximum Gasteiger partial charge on any atom is 0.416 e. The molecule has 0 atom stereocenters.